The molecule has 0 heterocycles. The van der Waals surface area contributed by atoms with Crippen LogP contribution >= 0.6 is 12.4 Å². The monoisotopic (exact) mass is 285 g/mol. The number of carbonyl (C=O) groups excluding carboxylic acids is 2. The summed E-state index contributed by atoms with van der Waals surface area (Å²) < 4.78 is 0. The number of halogens is 1. The van der Waals surface area contributed by atoms with Crippen molar-refractivity contribution in [2.24, 2.45) is 0 Å². The molecule has 0 aliphatic rings. The minimum Gasteiger partial charge on any atom is -0.397 e. The number of para-hydroxylation sites is 2. The van der Waals surface area contributed by atoms with Gasteiger partial charge in [-0.3, -0.25) is 9.59 Å². The van der Waals surface area contributed by atoms with Crippen molar-refractivity contribution in [1.82, 2.24) is 5.32 Å². The molecule has 0 aromatic heterocycles. The van der Waals surface area contributed by atoms with Gasteiger partial charge in [0.1, 0.15) is 0 Å². The molecule has 1 rings (SSSR count). The zero-order valence-electron chi connectivity index (χ0n) is 10.9. The van der Waals surface area contributed by atoms with E-state index in [0.717, 1.165) is 0 Å². The van der Waals surface area contributed by atoms with Gasteiger partial charge in [-0.25, -0.2) is 0 Å². The van der Waals surface area contributed by atoms with Gasteiger partial charge in [0.2, 0.25) is 11.8 Å². The Hall–Kier alpha value is -1.75. The van der Waals surface area contributed by atoms with E-state index >= 15 is 0 Å². The van der Waals surface area contributed by atoms with Crippen LogP contribution < -0.4 is 16.4 Å². The van der Waals surface area contributed by atoms with Crippen LogP contribution in [0.2, 0.25) is 0 Å². The molecule has 1 aromatic rings. The fourth-order valence-electron chi connectivity index (χ4n) is 1.52. The van der Waals surface area contributed by atoms with E-state index in [-0.39, 0.29) is 24.2 Å². The highest BCUT2D eigenvalue weighted by atomic mass is 35.5. The van der Waals surface area contributed by atoms with Crippen molar-refractivity contribution < 1.29 is 9.59 Å². The summed E-state index contributed by atoms with van der Waals surface area (Å²) in [5.41, 5.74) is 6.85. The Bertz CT molecular complexity index is 424. The van der Waals surface area contributed by atoms with Gasteiger partial charge in [0, 0.05) is 19.4 Å². The Balaban J connectivity index is 0.00000324. The molecule has 0 aliphatic carbocycles. The molecular weight excluding hydrogens is 266 g/mol. The molecule has 0 atom stereocenters. The summed E-state index contributed by atoms with van der Waals surface area (Å²) in [6, 6.07) is 7.09. The maximum absolute atomic E-state index is 11.6. The largest absolute Gasteiger partial charge is 0.397 e. The van der Waals surface area contributed by atoms with Crippen LogP contribution in [0.25, 0.3) is 0 Å². The highest BCUT2D eigenvalue weighted by Gasteiger charge is 2.06. The number of hydrogen-bond acceptors (Lipinski definition) is 3. The van der Waals surface area contributed by atoms with Crippen LogP contribution in [0.15, 0.2) is 24.3 Å². The molecule has 0 bridgehead atoms. The van der Waals surface area contributed by atoms with Gasteiger partial charge in [0.05, 0.1) is 11.4 Å². The fraction of sp³-hybridized carbons (Fsp3) is 0.385. The second kappa shape index (κ2) is 9.22. The standard InChI is InChI=1S/C13H19N3O2.ClH/c1-2-15-12(17)8-5-9-13(18)16-11-7-4-3-6-10(11)14;/h3-4,6-7H,2,5,8-9,14H2,1H3,(H,15,17)(H,16,18);1H. The van der Waals surface area contributed by atoms with Gasteiger partial charge in [0.15, 0.2) is 0 Å². The highest BCUT2D eigenvalue weighted by Crippen LogP contribution is 2.17. The van der Waals surface area contributed by atoms with Gasteiger partial charge >= 0.3 is 0 Å². The average molecular weight is 286 g/mol. The van der Waals surface area contributed by atoms with E-state index in [9.17, 15) is 9.59 Å². The molecule has 5 nitrogen and oxygen atoms in total. The van der Waals surface area contributed by atoms with Crippen LogP contribution in [-0.4, -0.2) is 18.4 Å². The highest BCUT2D eigenvalue weighted by molar-refractivity contribution is 5.93. The lowest BCUT2D eigenvalue weighted by atomic mass is 10.2. The summed E-state index contributed by atoms with van der Waals surface area (Å²) in [7, 11) is 0. The number of nitrogens with one attached hydrogen (secondary N) is 2. The molecule has 2 amide bonds. The van der Waals surface area contributed by atoms with E-state index in [1.165, 1.54) is 0 Å². The molecule has 0 saturated carbocycles. The van der Waals surface area contributed by atoms with E-state index < -0.39 is 0 Å². The predicted octanol–water partition coefficient (Wildman–Crippen LogP) is 1.94. The summed E-state index contributed by atoms with van der Waals surface area (Å²) in [5.74, 6) is -0.151. The van der Waals surface area contributed by atoms with Gasteiger partial charge in [-0.2, -0.15) is 0 Å². The van der Waals surface area contributed by atoms with E-state index in [2.05, 4.69) is 10.6 Å². The number of amides is 2. The first-order chi connectivity index (χ1) is 8.63. The summed E-state index contributed by atoms with van der Waals surface area (Å²) in [5, 5.41) is 5.41. The Morgan fingerprint density at radius 1 is 1.16 bits per heavy atom. The van der Waals surface area contributed by atoms with Crippen molar-refractivity contribution in [1.29, 1.82) is 0 Å². The first-order valence-electron chi connectivity index (χ1n) is 6.04. The van der Waals surface area contributed by atoms with Crippen LogP contribution in [0.5, 0.6) is 0 Å². The maximum Gasteiger partial charge on any atom is 0.224 e. The zero-order chi connectivity index (χ0) is 13.4. The first kappa shape index (κ1) is 17.2. The quantitative estimate of drug-likeness (QED) is 0.698. The van der Waals surface area contributed by atoms with E-state index in [0.29, 0.717) is 37.2 Å². The van der Waals surface area contributed by atoms with E-state index in [1.807, 2.05) is 6.92 Å². The number of nitrogens with two attached hydrogens (primary N) is 1. The number of carbonyl (C=O) groups is 2. The van der Waals surface area contributed by atoms with Crippen LogP contribution in [-0.2, 0) is 9.59 Å². The Morgan fingerprint density at radius 3 is 2.42 bits per heavy atom. The zero-order valence-corrected chi connectivity index (χ0v) is 11.8. The molecule has 106 valence electrons. The summed E-state index contributed by atoms with van der Waals surface area (Å²) in [6.45, 7) is 2.48. The average Bonchev–Trinajstić information content (AvgIpc) is 2.32. The lowest BCUT2D eigenvalue weighted by molar-refractivity contribution is -0.121. The van der Waals surface area contributed by atoms with E-state index in [4.69, 9.17) is 5.73 Å². The third-order valence-corrected chi connectivity index (χ3v) is 2.42. The molecule has 6 heteroatoms. The fourth-order valence-corrected chi connectivity index (χ4v) is 1.52. The van der Waals surface area contributed by atoms with E-state index in [1.54, 1.807) is 24.3 Å². The molecule has 0 aliphatic heterocycles. The van der Waals surface area contributed by atoms with Gasteiger partial charge in [-0.15, -0.1) is 12.4 Å². The number of nitrogen functional groups attached to an aromatic ring is 1. The van der Waals surface area contributed by atoms with Crippen molar-refractivity contribution in [2.75, 3.05) is 17.6 Å². The minimum absolute atomic E-state index is 0. The SMILES string of the molecule is CCNC(=O)CCCC(=O)Nc1ccccc1N.Cl. The lowest BCUT2D eigenvalue weighted by Gasteiger charge is -2.07. The Kier molecular flexibility index (Phi) is 8.37. The molecule has 0 fully saturated rings. The van der Waals surface area contributed by atoms with Gasteiger partial charge in [-0.1, -0.05) is 12.1 Å². The second-order valence-corrected chi connectivity index (χ2v) is 3.94. The van der Waals surface area contributed by atoms with Crippen LogP contribution in [0, 0.1) is 0 Å². The molecule has 0 unspecified atom stereocenters. The number of benzene rings is 1. The minimum atomic E-state index is -0.128. The molecule has 19 heavy (non-hydrogen) atoms. The van der Waals surface area contributed by atoms with Crippen LogP contribution in [0.1, 0.15) is 26.2 Å². The topological polar surface area (TPSA) is 84.2 Å². The molecular formula is C13H20ClN3O2. The summed E-state index contributed by atoms with van der Waals surface area (Å²) in [4.78, 5) is 22.8. The number of hydrogen-bond donors (Lipinski definition) is 3. The third-order valence-electron chi connectivity index (χ3n) is 2.42. The normalized spacial score (nSPS) is 9.32. The Labute approximate surface area is 119 Å². The Morgan fingerprint density at radius 2 is 1.79 bits per heavy atom. The molecule has 0 spiro atoms. The maximum atomic E-state index is 11.6. The van der Waals surface area contributed by atoms with Crippen molar-refractivity contribution in [3.8, 4) is 0 Å². The number of anilines is 2. The second-order valence-electron chi connectivity index (χ2n) is 3.94. The first-order valence-corrected chi connectivity index (χ1v) is 6.04. The van der Waals surface area contributed by atoms with Crippen molar-refractivity contribution in [2.45, 2.75) is 26.2 Å². The van der Waals surface area contributed by atoms with Crippen molar-refractivity contribution in [3.05, 3.63) is 24.3 Å². The molecule has 0 radical (unpaired) electrons. The van der Waals surface area contributed by atoms with Gasteiger partial charge < -0.3 is 16.4 Å². The molecule has 0 saturated heterocycles. The van der Waals surface area contributed by atoms with Crippen molar-refractivity contribution >= 4 is 35.6 Å². The summed E-state index contributed by atoms with van der Waals surface area (Å²) in [6.07, 6.45) is 1.21. The van der Waals surface area contributed by atoms with Crippen LogP contribution in [0.4, 0.5) is 11.4 Å². The molecule has 4 N–H and O–H groups in total. The number of rotatable bonds is 6. The predicted molar refractivity (Wildman–Crippen MR) is 79.3 cm³/mol. The van der Waals surface area contributed by atoms with Crippen LogP contribution in [0.3, 0.4) is 0 Å². The third kappa shape index (κ3) is 6.67. The van der Waals surface area contributed by atoms with Crippen molar-refractivity contribution in [3.63, 3.8) is 0 Å². The molecule has 1 aromatic carbocycles. The van der Waals surface area contributed by atoms with Gasteiger partial charge in [-0.05, 0) is 25.5 Å². The van der Waals surface area contributed by atoms with Gasteiger partial charge in [0.25, 0.3) is 0 Å². The smallest absolute Gasteiger partial charge is 0.224 e. The summed E-state index contributed by atoms with van der Waals surface area (Å²) >= 11 is 0. The lowest BCUT2D eigenvalue weighted by Crippen LogP contribution is -2.22.